The van der Waals surface area contributed by atoms with Gasteiger partial charge in [-0.15, -0.1) is 0 Å². The van der Waals surface area contributed by atoms with E-state index in [1.165, 1.54) is 11.8 Å². The van der Waals surface area contributed by atoms with Gasteiger partial charge in [-0.05, 0) is 36.6 Å². The first-order chi connectivity index (χ1) is 14.6. The van der Waals surface area contributed by atoms with Gasteiger partial charge >= 0.3 is 5.97 Å². The van der Waals surface area contributed by atoms with E-state index >= 15 is 0 Å². The Kier molecular flexibility index (Phi) is 4.79. The molecule has 0 unspecified atom stereocenters. The molecule has 0 amide bonds. The monoisotopic (exact) mass is 403 g/mol. The van der Waals surface area contributed by atoms with Crippen molar-refractivity contribution >= 4 is 22.6 Å². The van der Waals surface area contributed by atoms with Crippen molar-refractivity contribution in [1.82, 2.24) is 9.47 Å². The Morgan fingerprint density at radius 2 is 1.73 bits per heavy atom. The van der Waals surface area contributed by atoms with Crippen molar-refractivity contribution in [3.63, 3.8) is 0 Å². The van der Waals surface area contributed by atoms with E-state index in [1.807, 2.05) is 22.8 Å². The number of carboxylic acid groups (broad SMARTS) is 1. The van der Waals surface area contributed by atoms with Crippen LogP contribution in [0.5, 0.6) is 0 Å². The number of fused-ring (bicyclic) bond motifs is 1. The fourth-order valence-corrected chi connectivity index (χ4v) is 4.35. The zero-order valence-corrected chi connectivity index (χ0v) is 16.8. The first-order valence-electron chi connectivity index (χ1n) is 10.5. The number of aromatic carboxylic acids is 1. The van der Waals surface area contributed by atoms with Crippen LogP contribution in [-0.2, 0) is 6.54 Å². The molecule has 0 radical (unpaired) electrons. The number of aromatic nitrogens is 1. The van der Waals surface area contributed by atoms with Gasteiger partial charge in [-0.1, -0.05) is 30.3 Å². The topological polar surface area (TPSA) is 65.8 Å². The Hall–Kier alpha value is -3.12. The van der Waals surface area contributed by atoms with Gasteiger partial charge in [-0.3, -0.25) is 9.69 Å². The zero-order chi connectivity index (χ0) is 20.7. The van der Waals surface area contributed by atoms with E-state index < -0.39 is 5.97 Å². The standard InChI is InChI=1S/C24H25N3O3/c28-23-20-14-19(8-9-22(20)27(18-6-7-18)16-21(23)24(29)30)26-12-10-25(11-13-26)15-17-4-2-1-3-5-17/h1-5,8-9,14,16,18H,6-7,10-13,15H2,(H,29,30). The molecule has 0 bridgehead atoms. The van der Waals surface area contributed by atoms with Crippen LogP contribution in [-0.4, -0.2) is 46.7 Å². The summed E-state index contributed by atoms with van der Waals surface area (Å²) in [5.41, 5.74) is 2.61. The molecule has 6 nitrogen and oxygen atoms in total. The predicted molar refractivity (Wildman–Crippen MR) is 117 cm³/mol. The maximum absolute atomic E-state index is 12.8. The molecule has 1 saturated heterocycles. The van der Waals surface area contributed by atoms with Gasteiger partial charge in [0.2, 0.25) is 5.43 Å². The van der Waals surface area contributed by atoms with Crippen molar-refractivity contribution in [2.24, 2.45) is 0 Å². The van der Waals surface area contributed by atoms with E-state index in [2.05, 4.69) is 40.1 Å². The Balaban J connectivity index is 1.40. The van der Waals surface area contributed by atoms with Crippen LogP contribution in [0.25, 0.3) is 10.9 Å². The first kappa shape index (κ1) is 18.9. The molecular weight excluding hydrogens is 378 g/mol. The second kappa shape index (κ2) is 7.61. The lowest BCUT2D eigenvalue weighted by molar-refractivity contribution is 0.0695. The van der Waals surface area contributed by atoms with Crippen LogP contribution < -0.4 is 10.3 Å². The van der Waals surface area contributed by atoms with Crippen LogP contribution in [0.3, 0.4) is 0 Å². The molecule has 1 aliphatic heterocycles. The van der Waals surface area contributed by atoms with Gasteiger partial charge in [-0.25, -0.2) is 4.79 Å². The maximum Gasteiger partial charge on any atom is 0.341 e. The minimum Gasteiger partial charge on any atom is -0.477 e. The summed E-state index contributed by atoms with van der Waals surface area (Å²) >= 11 is 0. The van der Waals surface area contributed by atoms with Crippen LogP contribution in [0.1, 0.15) is 34.8 Å². The molecule has 2 aliphatic rings. The summed E-state index contributed by atoms with van der Waals surface area (Å²) in [6.45, 7) is 4.62. The van der Waals surface area contributed by atoms with Gasteiger partial charge in [0.25, 0.3) is 0 Å². The average molecular weight is 403 g/mol. The smallest absolute Gasteiger partial charge is 0.341 e. The number of hydrogen-bond acceptors (Lipinski definition) is 4. The average Bonchev–Trinajstić information content (AvgIpc) is 3.60. The van der Waals surface area contributed by atoms with Gasteiger partial charge in [-0.2, -0.15) is 0 Å². The Morgan fingerprint density at radius 3 is 2.40 bits per heavy atom. The van der Waals surface area contributed by atoms with Crippen molar-refractivity contribution in [2.45, 2.75) is 25.4 Å². The summed E-state index contributed by atoms with van der Waals surface area (Å²) in [4.78, 5) is 29.2. The fraction of sp³-hybridized carbons (Fsp3) is 0.333. The van der Waals surface area contributed by atoms with Crippen LogP contribution in [0.2, 0.25) is 0 Å². The SMILES string of the molecule is O=C(O)c1cn(C2CC2)c2ccc(N3CCN(Cc4ccccc4)CC3)cc2c1=O. The van der Waals surface area contributed by atoms with Crippen molar-refractivity contribution < 1.29 is 9.90 Å². The molecule has 5 rings (SSSR count). The van der Waals surface area contributed by atoms with Crippen molar-refractivity contribution in [1.29, 1.82) is 0 Å². The molecule has 0 spiro atoms. The lowest BCUT2D eigenvalue weighted by Gasteiger charge is -2.36. The molecule has 2 heterocycles. The maximum atomic E-state index is 12.8. The second-order valence-electron chi connectivity index (χ2n) is 8.27. The molecule has 30 heavy (non-hydrogen) atoms. The first-order valence-corrected chi connectivity index (χ1v) is 10.5. The highest BCUT2D eigenvalue weighted by Crippen LogP contribution is 2.37. The number of rotatable bonds is 5. The van der Waals surface area contributed by atoms with Gasteiger partial charge in [0, 0.05) is 56.0 Å². The van der Waals surface area contributed by atoms with Crippen LogP contribution in [0.15, 0.2) is 59.5 Å². The lowest BCUT2D eigenvalue weighted by Crippen LogP contribution is -2.46. The highest BCUT2D eigenvalue weighted by atomic mass is 16.4. The van der Waals surface area contributed by atoms with Crippen LogP contribution in [0.4, 0.5) is 5.69 Å². The Labute approximate surface area is 175 Å². The third kappa shape index (κ3) is 3.59. The number of pyridine rings is 1. The summed E-state index contributed by atoms with van der Waals surface area (Å²) in [6, 6.07) is 16.7. The van der Waals surface area contributed by atoms with E-state index in [0.29, 0.717) is 11.4 Å². The number of carboxylic acids is 1. The van der Waals surface area contributed by atoms with E-state index in [1.54, 1.807) is 0 Å². The molecule has 2 fully saturated rings. The number of carbonyl (C=O) groups is 1. The molecule has 154 valence electrons. The third-order valence-electron chi connectivity index (χ3n) is 6.17. The largest absolute Gasteiger partial charge is 0.477 e. The fourth-order valence-electron chi connectivity index (χ4n) is 4.35. The minimum absolute atomic E-state index is 0.140. The number of hydrogen-bond donors (Lipinski definition) is 1. The summed E-state index contributed by atoms with van der Waals surface area (Å²) in [5.74, 6) is -1.16. The molecule has 2 aromatic carbocycles. The summed E-state index contributed by atoms with van der Waals surface area (Å²) in [7, 11) is 0. The van der Waals surface area contributed by atoms with Crippen molar-refractivity contribution in [3.8, 4) is 0 Å². The molecule has 1 aliphatic carbocycles. The molecule has 1 aromatic heterocycles. The van der Waals surface area contributed by atoms with Crippen LogP contribution in [0, 0.1) is 0 Å². The van der Waals surface area contributed by atoms with Crippen LogP contribution >= 0.6 is 0 Å². The summed E-state index contributed by atoms with van der Waals surface area (Å²) < 4.78 is 1.97. The van der Waals surface area contributed by atoms with Crippen molar-refractivity contribution in [3.05, 3.63) is 76.1 Å². The number of nitrogens with zero attached hydrogens (tertiary/aromatic N) is 3. The summed E-state index contributed by atoms with van der Waals surface area (Å²) in [5, 5.41) is 10.00. The molecule has 0 atom stereocenters. The van der Waals surface area contributed by atoms with E-state index in [0.717, 1.165) is 56.8 Å². The number of anilines is 1. The summed E-state index contributed by atoms with van der Waals surface area (Å²) in [6.07, 6.45) is 3.58. The number of piperazine rings is 1. The molecule has 3 aromatic rings. The molecule has 1 N–H and O–H groups in total. The normalized spacial score (nSPS) is 17.4. The van der Waals surface area contributed by atoms with E-state index in [4.69, 9.17) is 0 Å². The van der Waals surface area contributed by atoms with Gasteiger partial charge in [0.1, 0.15) is 5.56 Å². The predicted octanol–water partition coefficient (Wildman–Crippen LogP) is 3.36. The van der Waals surface area contributed by atoms with Gasteiger partial charge in [0.15, 0.2) is 0 Å². The lowest BCUT2D eigenvalue weighted by atomic mass is 10.1. The third-order valence-corrected chi connectivity index (χ3v) is 6.17. The highest BCUT2D eigenvalue weighted by molar-refractivity contribution is 5.93. The Bertz CT molecular complexity index is 1140. The Morgan fingerprint density at radius 1 is 1.00 bits per heavy atom. The van der Waals surface area contributed by atoms with Gasteiger partial charge < -0.3 is 14.6 Å². The second-order valence-corrected chi connectivity index (χ2v) is 8.27. The molecule has 1 saturated carbocycles. The molecular formula is C24H25N3O3. The molecule has 6 heteroatoms. The van der Waals surface area contributed by atoms with E-state index in [-0.39, 0.29) is 11.0 Å². The minimum atomic E-state index is -1.16. The van der Waals surface area contributed by atoms with Gasteiger partial charge in [0.05, 0.1) is 5.52 Å². The quantitative estimate of drug-likeness (QED) is 0.708. The number of benzene rings is 2. The zero-order valence-electron chi connectivity index (χ0n) is 16.8. The highest BCUT2D eigenvalue weighted by Gasteiger charge is 2.27. The van der Waals surface area contributed by atoms with E-state index in [9.17, 15) is 14.7 Å². The van der Waals surface area contributed by atoms with Crippen molar-refractivity contribution in [2.75, 3.05) is 31.1 Å².